The number of nitrogens with one attached hydrogen (secondary N) is 1. The van der Waals surface area contributed by atoms with Crippen LogP contribution in [0.25, 0.3) is 22.2 Å². The fraction of sp³-hybridized carbons (Fsp3) is 0.412. The number of hydrogen-bond donors (Lipinski definition) is 1. The number of alkyl halides is 2. The van der Waals surface area contributed by atoms with Crippen LogP contribution in [-0.2, 0) is 11.3 Å². The van der Waals surface area contributed by atoms with Crippen molar-refractivity contribution in [2.45, 2.75) is 31.9 Å². The summed E-state index contributed by atoms with van der Waals surface area (Å²) >= 11 is 0. The Balaban J connectivity index is 1.77. The molecule has 1 aliphatic rings. The standard InChI is InChI=1S/C17H18F2N4O2/c1-11-4-5-24-10-17(18,19)9-23-8-12(7-20-23)16-14-6-13(25-11)2-3-15(14)21-22-16/h2-3,6-8,11H,4-5,9-10H2,1H3,(H,21,22)/t11-/m1/s1. The van der Waals surface area contributed by atoms with Gasteiger partial charge in [-0.05, 0) is 25.1 Å². The average Bonchev–Trinajstić information content (AvgIpc) is 3.16. The Kier molecular flexibility index (Phi) is 3.91. The van der Waals surface area contributed by atoms with Crippen molar-refractivity contribution in [3.63, 3.8) is 0 Å². The molecule has 8 heteroatoms. The molecule has 132 valence electrons. The van der Waals surface area contributed by atoms with Crippen molar-refractivity contribution in [3.8, 4) is 17.0 Å². The highest BCUT2D eigenvalue weighted by Gasteiger charge is 2.31. The normalized spacial score (nSPS) is 20.8. The molecule has 0 spiro atoms. The van der Waals surface area contributed by atoms with E-state index in [-0.39, 0.29) is 12.7 Å². The molecule has 0 unspecified atom stereocenters. The minimum Gasteiger partial charge on any atom is -0.491 e. The number of benzene rings is 1. The zero-order valence-electron chi connectivity index (χ0n) is 13.7. The fourth-order valence-corrected chi connectivity index (χ4v) is 2.90. The van der Waals surface area contributed by atoms with Gasteiger partial charge in [-0.2, -0.15) is 10.2 Å². The first-order chi connectivity index (χ1) is 12.0. The molecule has 0 aliphatic carbocycles. The second-order valence-electron chi connectivity index (χ2n) is 6.33. The molecule has 3 heterocycles. The van der Waals surface area contributed by atoms with Crippen LogP contribution >= 0.6 is 0 Å². The lowest BCUT2D eigenvalue weighted by Crippen LogP contribution is -2.30. The molecule has 6 nitrogen and oxygen atoms in total. The zero-order chi connectivity index (χ0) is 17.4. The van der Waals surface area contributed by atoms with Crippen LogP contribution in [0.1, 0.15) is 13.3 Å². The lowest BCUT2D eigenvalue weighted by molar-refractivity contribution is -0.0919. The van der Waals surface area contributed by atoms with Gasteiger partial charge < -0.3 is 9.47 Å². The lowest BCUT2D eigenvalue weighted by Gasteiger charge is -2.18. The maximum Gasteiger partial charge on any atom is 0.290 e. The van der Waals surface area contributed by atoms with Gasteiger partial charge in [-0.1, -0.05) is 0 Å². The molecule has 0 amide bonds. The first-order valence-corrected chi connectivity index (χ1v) is 8.13. The van der Waals surface area contributed by atoms with Crippen LogP contribution in [-0.4, -0.2) is 45.2 Å². The lowest BCUT2D eigenvalue weighted by atomic mass is 10.1. The van der Waals surface area contributed by atoms with E-state index >= 15 is 0 Å². The van der Waals surface area contributed by atoms with Gasteiger partial charge in [-0.15, -0.1) is 0 Å². The molecule has 25 heavy (non-hydrogen) atoms. The number of hydrogen-bond acceptors (Lipinski definition) is 4. The quantitative estimate of drug-likeness (QED) is 0.677. The smallest absolute Gasteiger partial charge is 0.290 e. The van der Waals surface area contributed by atoms with Gasteiger partial charge in [0.15, 0.2) is 0 Å². The summed E-state index contributed by atoms with van der Waals surface area (Å²) in [4.78, 5) is 0. The van der Waals surface area contributed by atoms with Crippen LogP contribution in [0.2, 0.25) is 0 Å². The number of aromatic amines is 1. The van der Waals surface area contributed by atoms with Crippen LogP contribution < -0.4 is 4.74 Å². The van der Waals surface area contributed by atoms with Crippen LogP contribution in [0.3, 0.4) is 0 Å². The Morgan fingerprint density at radius 1 is 1.36 bits per heavy atom. The highest BCUT2D eigenvalue weighted by atomic mass is 19.3. The van der Waals surface area contributed by atoms with Gasteiger partial charge in [0.2, 0.25) is 0 Å². The van der Waals surface area contributed by atoms with Crippen molar-refractivity contribution >= 4 is 10.9 Å². The van der Waals surface area contributed by atoms with E-state index in [1.165, 1.54) is 10.9 Å². The van der Waals surface area contributed by atoms with Gasteiger partial charge in [-0.25, -0.2) is 8.78 Å². The largest absolute Gasteiger partial charge is 0.491 e. The molecule has 1 aliphatic heterocycles. The molecule has 0 fully saturated rings. The predicted molar refractivity (Wildman–Crippen MR) is 87.8 cm³/mol. The molecular weight excluding hydrogens is 330 g/mol. The topological polar surface area (TPSA) is 65.0 Å². The fourth-order valence-electron chi connectivity index (χ4n) is 2.90. The molecule has 4 rings (SSSR count). The van der Waals surface area contributed by atoms with Crippen molar-refractivity contribution in [1.82, 2.24) is 20.0 Å². The van der Waals surface area contributed by atoms with E-state index in [0.29, 0.717) is 23.4 Å². The molecule has 3 aromatic rings. The number of H-pyrrole nitrogens is 1. The van der Waals surface area contributed by atoms with Gasteiger partial charge >= 0.3 is 0 Å². The van der Waals surface area contributed by atoms with E-state index in [0.717, 1.165) is 10.9 Å². The summed E-state index contributed by atoms with van der Waals surface area (Å²) in [5, 5.41) is 12.2. The second-order valence-corrected chi connectivity index (χ2v) is 6.33. The van der Waals surface area contributed by atoms with Gasteiger partial charge in [0, 0.05) is 23.6 Å². The minimum atomic E-state index is -2.99. The number of ether oxygens (including phenoxy) is 2. The van der Waals surface area contributed by atoms with E-state index in [9.17, 15) is 8.78 Å². The SMILES string of the molecule is C[C@@H]1CCOCC(F)(F)Cn2cc(cn2)-c2n[nH]c3ccc(cc23)O1. The number of rotatable bonds is 0. The predicted octanol–water partition coefficient (Wildman–Crippen LogP) is 3.25. The van der Waals surface area contributed by atoms with Crippen molar-refractivity contribution in [3.05, 3.63) is 30.6 Å². The summed E-state index contributed by atoms with van der Waals surface area (Å²) in [5.41, 5.74) is 2.18. The Bertz CT molecular complexity index is 890. The molecule has 4 bridgehead atoms. The molecule has 1 atom stereocenters. The molecular formula is C17H18F2N4O2. The number of halogens is 2. The van der Waals surface area contributed by atoms with Crippen LogP contribution in [0.15, 0.2) is 30.6 Å². The summed E-state index contributed by atoms with van der Waals surface area (Å²) in [6, 6.07) is 5.65. The average molecular weight is 348 g/mol. The third-order valence-electron chi connectivity index (χ3n) is 4.15. The minimum absolute atomic E-state index is 0.146. The first-order valence-electron chi connectivity index (χ1n) is 8.13. The number of nitrogens with zero attached hydrogens (tertiary/aromatic N) is 3. The van der Waals surface area contributed by atoms with E-state index < -0.39 is 19.1 Å². The van der Waals surface area contributed by atoms with Crippen LogP contribution in [0.5, 0.6) is 5.75 Å². The van der Waals surface area contributed by atoms with E-state index in [1.54, 1.807) is 6.20 Å². The molecule has 1 N–H and O–H groups in total. The number of aromatic nitrogens is 4. The Labute approximate surface area is 142 Å². The van der Waals surface area contributed by atoms with Gasteiger partial charge in [-0.3, -0.25) is 9.78 Å². The molecule has 2 aromatic heterocycles. The Morgan fingerprint density at radius 3 is 3.12 bits per heavy atom. The first kappa shape index (κ1) is 16.0. The maximum absolute atomic E-state index is 14.0. The van der Waals surface area contributed by atoms with Gasteiger partial charge in [0.1, 0.15) is 24.6 Å². The summed E-state index contributed by atoms with van der Waals surface area (Å²) in [5.74, 6) is -2.29. The van der Waals surface area contributed by atoms with Crippen molar-refractivity contribution in [1.29, 1.82) is 0 Å². The summed E-state index contributed by atoms with van der Waals surface area (Å²) in [6.45, 7) is 0.922. The number of fused-ring (bicyclic) bond motifs is 4. The molecule has 0 saturated heterocycles. The Hall–Kier alpha value is -2.48. The van der Waals surface area contributed by atoms with Crippen molar-refractivity contribution in [2.24, 2.45) is 0 Å². The zero-order valence-corrected chi connectivity index (χ0v) is 13.7. The van der Waals surface area contributed by atoms with Gasteiger partial charge in [0.25, 0.3) is 5.92 Å². The van der Waals surface area contributed by atoms with E-state index in [4.69, 9.17) is 9.47 Å². The van der Waals surface area contributed by atoms with Crippen molar-refractivity contribution < 1.29 is 18.3 Å². The highest BCUT2D eigenvalue weighted by Crippen LogP contribution is 2.30. The van der Waals surface area contributed by atoms with E-state index in [1.807, 2.05) is 25.1 Å². The molecule has 1 aromatic carbocycles. The van der Waals surface area contributed by atoms with Gasteiger partial charge in [0.05, 0.1) is 24.4 Å². The van der Waals surface area contributed by atoms with E-state index in [2.05, 4.69) is 15.3 Å². The summed E-state index contributed by atoms with van der Waals surface area (Å²) < 4.78 is 40.3. The Morgan fingerprint density at radius 2 is 2.24 bits per heavy atom. The van der Waals surface area contributed by atoms with Crippen LogP contribution in [0, 0.1) is 0 Å². The molecule has 0 radical (unpaired) electrons. The summed E-state index contributed by atoms with van der Waals surface area (Å²) in [7, 11) is 0. The monoisotopic (exact) mass is 348 g/mol. The van der Waals surface area contributed by atoms with Crippen LogP contribution in [0.4, 0.5) is 8.78 Å². The third kappa shape index (κ3) is 3.34. The van der Waals surface area contributed by atoms with Crippen molar-refractivity contribution in [2.75, 3.05) is 13.2 Å². The summed E-state index contributed by atoms with van der Waals surface area (Å²) in [6.07, 6.45) is 3.48. The second kappa shape index (κ2) is 6.11. The highest BCUT2D eigenvalue weighted by molar-refractivity contribution is 5.93. The molecule has 0 saturated carbocycles. The third-order valence-corrected chi connectivity index (χ3v) is 4.15. The maximum atomic E-state index is 14.0.